The summed E-state index contributed by atoms with van der Waals surface area (Å²) in [5, 5.41) is 2.56. The van der Waals surface area contributed by atoms with E-state index in [0.29, 0.717) is 23.4 Å². The molecule has 1 atom stereocenters. The first-order valence-corrected chi connectivity index (χ1v) is 9.08. The fourth-order valence-corrected chi connectivity index (χ4v) is 3.82. The molecule has 1 unspecified atom stereocenters. The van der Waals surface area contributed by atoms with E-state index >= 15 is 0 Å². The number of anilines is 2. The average Bonchev–Trinajstić information content (AvgIpc) is 3.15. The van der Waals surface area contributed by atoms with Gasteiger partial charge in [0.15, 0.2) is 0 Å². The number of nitrogens with zero attached hydrogens (tertiary/aromatic N) is 2. The first-order chi connectivity index (χ1) is 13.7. The summed E-state index contributed by atoms with van der Waals surface area (Å²) in [7, 11) is 1.88. The maximum absolute atomic E-state index is 12.7. The quantitative estimate of drug-likeness (QED) is 0.843. The van der Waals surface area contributed by atoms with Crippen LogP contribution in [0.3, 0.4) is 0 Å². The second-order valence-corrected chi connectivity index (χ2v) is 6.99. The number of amides is 2. The molecule has 0 radical (unpaired) electrons. The molecular formula is C20H18F3N3O3. The number of hydrogen-bond acceptors (Lipinski definition) is 4. The number of carbonyl (C=O) groups excluding carboxylic acids is 2. The lowest BCUT2D eigenvalue weighted by Gasteiger charge is -2.40. The molecule has 1 N–H and O–H groups in total. The number of ether oxygens (including phenoxy) is 1. The molecule has 1 fully saturated rings. The topological polar surface area (TPSA) is 61.9 Å². The van der Waals surface area contributed by atoms with Crippen molar-refractivity contribution in [2.75, 3.05) is 23.8 Å². The Kier molecular flexibility index (Phi) is 4.60. The Hall–Kier alpha value is -3.23. The molecule has 6 nitrogen and oxygen atoms in total. The molecule has 152 valence electrons. The van der Waals surface area contributed by atoms with E-state index in [2.05, 4.69) is 10.1 Å². The van der Waals surface area contributed by atoms with Crippen molar-refractivity contribution in [3.8, 4) is 5.75 Å². The zero-order valence-electron chi connectivity index (χ0n) is 15.5. The summed E-state index contributed by atoms with van der Waals surface area (Å²) in [6, 6.07) is 9.84. The van der Waals surface area contributed by atoms with Gasteiger partial charge in [0.05, 0.1) is 11.3 Å². The van der Waals surface area contributed by atoms with Crippen LogP contribution in [0.5, 0.6) is 5.75 Å². The van der Waals surface area contributed by atoms with Crippen LogP contribution < -0.4 is 15.0 Å². The number of alkyl halides is 3. The summed E-state index contributed by atoms with van der Waals surface area (Å²) < 4.78 is 41.0. The summed E-state index contributed by atoms with van der Waals surface area (Å²) in [6.45, 7) is 0.714. The molecule has 2 aliphatic rings. The van der Waals surface area contributed by atoms with Gasteiger partial charge in [0.2, 0.25) is 0 Å². The van der Waals surface area contributed by atoms with Crippen LogP contribution in [0.2, 0.25) is 0 Å². The van der Waals surface area contributed by atoms with Crippen molar-refractivity contribution in [3.63, 3.8) is 0 Å². The third-order valence-corrected chi connectivity index (χ3v) is 5.12. The lowest BCUT2D eigenvalue weighted by Crippen LogP contribution is -2.50. The van der Waals surface area contributed by atoms with E-state index in [9.17, 15) is 22.8 Å². The SMILES string of the molecule is CN1c2cc(C(=O)Nc3cccc(OC(F)(F)F)c3)ccc2C(=O)N2CCCC21. The molecule has 9 heteroatoms. The van der Waals surface area contributed by atoms with Crippen LogP contribution >= 0.6 is 0 Å². The van der Waals surface area contributed by atoms with Gasteiger partial charge >= 0.3 is 6.36 Å². The monoisotopic (exact) mass is 405 g/mol. The zero-order valence-corrected chi connectivity index (χ0v) is 15.5. The van der Waals surface area contributed by atoms with Crippen LogP contribution in [-0.2, 0) is 0 Å². The third-order valence-electron chi connectivity index (χ3n) is 5.12. The number of nitrogens with one attached hydrogen (secondary N) is 1. The molecule has 2 aromatic carbocycles. The Bertz CT molecular complexity index is 977. The fourth-order valence-electron chi connectivity index (χ4n) is 3.82. The van der Waals surface area contributed by atoms with Crippen molar-refractivity contribution in [1.82, 2.24) is 4.90 Å². The Morgan fingerprint density at radius 3 is 2.76 bits per heavy atom. The van der Waals surface area contributed by atoms with E-state index in [1.54, 1.807) is 12.1 Å². The molecule has 29 heavy (non-hydrogen) atoms. The maximum Gasteiger partial charge on any atom is 0.573 e. The van der Waals surface area contributed by atoms with E-state index in [0.717, 1.165) is 25.0 Å². The summed E-state index contributed by atoms with van der Waals surface area (Å²) in [4.78, 5) is 29.1. The molecule has 2 heterocycles. The molecule has 2 amide bonds. The van der Waals surface area contributed by atoms with Gasteiger partial charge in [-0.1, -0.05) is 6.07 Å². The molecule has 2 aromatic rings. The molecule has 0 aromatic heterocycles. The Morgan fingerprint density at radius 2 is 2.00 bits per heavy atom. The highest BCUT2D eigenvalue weighted by atomic mass is 19.4. The van der Waals surface area contributed by atoms with E-state index < -0.39 is 18.0 Å². The van der Waals surface area contributed by atoms with Crippen molar-refractivity contribution in [3.05, 3.63) is 53.6 Å². The van der Waals surface area contributed by atoms with Crippen LogP contribution in [0.15, 0.2) is 42.5 Å². The minimum Gasteiger partial charge on any atom is -0.406 e. The first-order valence-electron chi connectivity index (χ1n) is 9.08. The maximum atomic E-state index is 12.7. The highest BCUT2D eigenvalue weighted by molar-refractivity contribution is 6.08. The molecule has 0 saturated carbocycles. The summed E-state index contributed by atoms with van der Waals surface area (Å²) in [5.74, 6) is -0.969. The standard InChI is InChI=1S/C20H18F3N3O3/c1-25-16-10-12(7-8-15(16)19(28)26-9-3-6-17(25)26)18(27)24-13-4-2-5-14(11-13)29-20(21,22)23/h2,4-5,7-8,10-11,17H,3,6,9H2,1H3,(H,24,27). The Labute approximate surface area is 164 Å². The van der Waals surface area contributed by atoms with Crippen LogP contribution in [0.25, 0.3) is 0 Å². The summed E-state index contributed by atoms with van der Waals surface area (Å²) in [5.41, 5.74) is 1.67. The van der Waals surface area contributed by atoms with Crippen molar-refractivity contribution >= 4 is 23.2 Å². The van der Waals surface area contributed by atoms with E-state index in [1.165, 1.54) is 18.2 Å². The normalized spacial score (nSPS) is 18.3. The van der Waals surface area contributed by atoms with Gasteiger partial charge < -0.3 is 19.9 Å². The first kappa shape index (κ1) is 19.1. The number of rotatable bonds is 3. The molecule has 0 aliphatic carbocycles. The van der Waals surface area contributed by atoms with Gasteiger partial charge in [0, 0.05) is 30.9 Å². The smallest absolute Gasteiger partial charge is 0.406 e. The van der Waals surface area contributed by atoms with E-state index in [4.69, 9.17) is 0 Å². The zero-order chi connectivity index (χ0) is 20.8. The third kappa shape index (κ3) is 3.72. The van der Waals surface area contributed by atoms with Crippen LogP contribution in [-0.4, -0.2) is 42.8 Å². The van der Waals surface area contributed by atoms with E-state index in [-0.39, 0.29) is 17.8 Å². The van der Waals surface area contributed by atoms with Gasteiger partial charge in [0.25, 0.3) is 11.8 Å². The average molecular weight is 405 g/mol. The second-order valence-electron chi connectivity index (χ2n) is 6.99. The van der Waals surface area contributed by atoms with E-state index in [1.807, 2.05) is 16.8 Å². The number of hydrogen-bond donors (Lipinski definition) is 1. The minimum atomic E-state index is -4.81. The van der Waals surface area contributed by atoms with Gasteiger partial charge in [-0.15, -0.1) is 13.2 Å². The predicted molar refractivity (Wildman–Crippen MR) is 100.0 cm³/mol. The highest BCUT2D eigenvalue weighted by Gasteiger charge is 2.38. The predicted octanol–water partition coefficient (Wildman–Crippen LogP) is 3.85. The number of halogens is 3. The number of carbonyl (C=O) groups is 2. The molecule has 2 aliphatic heterocycles. The molecule has 0 bridgehead atoms. The van der Waals surface area contributed by atoms with Crippen LogP contribution in [0.1, 0.15) is 33.6 Å². The van der Waals surface area contributed by atoms with Gasteiger partial charge in [-0.05, 0) is 43.2 Å². The molecule has 4 rings (SSSR count). The van der Waals surface area contributed by atoms with Gasteiger partial charge in [-0.25, -0.2) is 0 Å². The lowest BCUT2D eigenvalue weighted by molar-refractivity contribution is -0.274. The fraction of sp³-hybridized carbons (Fsp3) is 0.300. The van der Waals surface area contributed by atoms with Gasteiger partial charge in [-0.2, -0.15) is 0 Å². The van der Waals surface area contributed by atoms with Crippen molar-refractivity contribution in [2.24, 2.45) is 0 Å². The van der Waals surface area contributed by atoms with Crippen molar-refractivity contribution in [2.45, 2.75) is 25.4 Å². The van der Waals surface area contributed by atoms with Crippen molar-refractivity contribution < 1.29 is 27.5 Å². The summed E-state index contributed by atoms with van der Waals surface area (Å²) in [6.07, 6.45) is -3.04. The second kappa shape index (κ2) is 6.98. The number of benzene rings is 2. The highest BCUT2D eigenvalue weighted by Crippen LogP contribution is 2.35. The van der Waals surface area contributed by atoms with Crippen molar-refractivity contribution in [1.29, 1.82) is 0 Å². The lowest BCUT2D eigenvalue weighted by atomic mass is 10.0. The molecular weight excluding hydrogens is 387 g/mol. The molecule has 1 saturated heterocycles. The Balaban J connectivity index is 1.56. The largest absolute Gasteiger partial charge is 0.573 e. The van der Waals surface area contributed by atoms with Crippen LogP contribution in [0, 0.1) is 0 Å². The van der Waals surface area contributed by atoms with Gasteiger partial charge in [0.1, 0.15) is 11.9 Å². The Morgan fingerprint density at radius 1 is 1.21 bits per heavy atom. The van der Waals surface area contributed by atoms with Gasteiger partial charge in [-0.3, -0.25) is 9.59 Å². The summed E-state index contributed by atoms with van der Waals surface area (Å²) >= 11 is 0. The number of fused-ring (bicyclic) bond motifs is 2. The van der Waals surface area contributed by atoms with Crippen LogP contribution in [0.4, 0.5) is 24.5 Å². The molecule has 0 spiro atoms. The minimum absolute atomic E-state index is 0.0236.